The van der Waals surface area contributed by atoms with E-state index >= 15 is 0 Å². The number of ether oxygens (including phenoxy) is 3. The second-order valence-corrected chi connectivity index (χ2v) is 5.98. The van der Waals surface area contributed by atoms with Crippen molar-refractivity contribution in [1.29, 1.82) is 0 Å². The fourth-order valence-electron chi connectivity index (χ4n) is 2.68. The predicted molar refractivity (Wildman–Crippen MR) is 104 cm³/mol. The average Bonchev–Trinajstić information content (AvgIpc) is 3.12. The molecule has 2 aromatic rings. The molecule has 0 aliphatic carbocycles. The fraction of sp³-hybridized carbons (Fsp3) is 0.190. The number of methoxy groups -OCH3 is 2. The van der Waals surface area contributed by atoms with Gasteiger partial charge in [0, 0.05) is 11.6 Å². The molecule has 1 N–H and O–H groups in total. The Kier molecular flexibility index (Phi) is 6.06. The van der Waals surface area contributed by atoms with Gasteiger partial charge in [0.25, 0.3) is 0 Å². The van der Waals surface area contributed by atoms with Crippen LogP contribution in [0.2, 0.25) is 0 Å². The van der Waals surface area contributed by atoms with E-state index in [-0.39, 0.29) is 5.78 Å². The number of hydrazone groups is 1. The van der Waals surface area contributed by atoms with E-state index in [0.29, 0.717) is 17.1 Å². The van der Waals surface area contributed by atoms with E-state index in [2.05, 4.69) is 10.5 Å². The maximum Gasteiger partial charge on any atom is 0.334 e. The Bertz CT molecular complexity index is 891. The number of ketones is 1. The minimum atomic E-state index is -1.08. The standard InChI is InChI=1S/C21H20N2O5/c1-26-16-10-8-15(9-11-16)18-12-17(24)20(28-18)19(21(25)27-2)23-22-13-14-6-4-3-5-7-14/h3-13,19-20,23H,1-2H3/b22-13+. The number of benzene rings is 2. The molecule has 0 radical (unpaired) electrons. The summed E-state index contributed by atoms with van der Waals surface area (Å²) in [4.78, 5) is 24.6. The monoisotopic (exact) mass is 380 g/mol. The van der Waals surface area contributed by atoms with Crippen molar-refractivity contribution in [2.75, 3.05) is 14.2 Å². The lowest BCUT2D eigenvalue weighted by Gasteiger charge is -2.20. The van der Waals surface area contributed by atoms with Crippen LogP contribution in [0, 0.1) is 0 Å². The van der Waals surface area contributed by atoms with E-state index in [0.717, 1.165) is 5.56 Å². The Morgan fingerprint density at radius 2 is 1.86 bits per heavy atom. The van der Waals surface area contributed by atoms with Crippen LogP contribution in [0.15, 0.2) is 65.8 Å². The molecule has 144 valence electrons. The summed E-state index contributed by atoms with van der Waals surface area (Å²) in [5.74, 6) is 0.0755. The Balaban J connectivity index is 1.73. The van der Waals surface area contributed by atoms with Crippen molar-refractivity contribution >= 4 is 23.7 Å². The Morgan fingerprint density at radius 1 is 1.14 bits per heavy atom. The number of nitrogens with zero attached hydrogens (tertiary/aromatic N) is 1. The molecular weight excluding hydrogens is 360 g/mol. The first-order valence-corrected chi connectivity index (χ1v) is 8.60. The third-order valence-electron chi connectivity index (χ3n) is 4.17. The van der Waals surface area contributed by atoms with Crippen LogP contribution in [0.3, 0.4) is 0 Å². The summed E-state index contributed by atoms with van der Waals surface area (Å²) in [6, 6.07) is 15.3. The largest absolute Gasteiger partial charge is 0.497 e. The third kappa shape index (κ3) is 4.37. The molecule has 2 unspecified atom stereocenters. The molecule has 28 heavy (non-hydrogen) atoms. The van der Waals surface area contributed by atoms with Crippen LogP contribution in [-0.2, 0) is 19.1 Å². The van der Waals surface area contributed by atoms with Crippen molar-refractivity contribution in [3.05, 3.63) is 71.8 Å². The highest BCUT2D eigenvalue weighted by atomic mass is 16.5. The van der Waals surface area contributed by atoms with Crippen molar-refractivity contribution in [2.24, 2.45) is 5.10 Å². The first-order chi connectivity index (χ1) is 13.6. The van der Waals surface area contributed by atoms with E-state index in [4.69, 9.17) is 14.2 Å². The molecule has 7 heteroatoms. The highest BCUT2D eigenvalue weighted by Gasteiger charge is 2.40. The molecule has 0 spiro atoms. The summed E-state index contributed by atoms with van der Waals surface area (Å²) in [5.41, 5.74) is 4.22. The molecule has 0 fully saturated rings. The summed E-state index contributed by atoms with van der Waals surface area (Å²) in [7, 11) is 2.82. The second kappa shape index (κ2) is 8.85. The molecule has 2 atom stereocenters. The normalized spacial score (nSPS) is 17.0. The zero-order chi connectivity index (χ0) is 19.9. The lowest BCUT2D eigenvalue weighted by molar-refractivity contribution is -0.148. The van der Waals surface area contributed by atoms with Gasteiger partial charge in [-0.3, -0.25) is 10.2 Å². The lowest BCUT2D eigenvalue weighted by atomic mass is 10.1. The molecule has 1 heterocycles. The van der Waals surface area contributed by atoms with Crippen molar-refractivity contribution in [3.8, 4) is 5.75 Å². The summed E-state index contributed by atoms with van der Waals surface area (Å²) in [6.45, 7) is 0. The van der Waals surface area contributed by atoms with Gasteiger partial charge < -0.3 is 14.2 Å². The highest BCUT2D eigenvalue weighted by molar-refractivity contribution is 6.05. The number of carbonyl (C=O) groups excluding carboxylic acids is 2. The molecule has 0 amide bonds. The van der Waals surface area contributed by atoms with Crippen molar-refractivity contribution in [3.63, 3.8) is 0 Å². The van der Waals surface area contributed by atoms with Gasteiger partial charge in [0.2, 0.25) is 5.78 Å². The highest BCUT2D eigenvalue weighted by Crippen LogP contribution is 2.27. The van der Waals surface area contributed by atoms with Gasteiger partial charge in [0.05, 0.1) is 20.4 Å². The van der Waals surface area contributed by atoms with Gasteiger partial charge in [0.1, 0.15) is 11.5 Å². The maximum atomic E-state index is 12.5. The van der Waals surface area contributed by atoms with Crippen molar-refractivity contribution in [2.45, 2.75) is 12.1 Å². The van der Waals surface area contributed by atoms with Crippen LogP contribution in [0.25, 0.3) is 5.76 Å². The van der Waals surface area contributed by atoms with Crippen molar-refractivity contribution in [1.82, 2.24) is 5.43 Å². The minimum Gasteiger partial charge on any atom is -0.497 e. The average molecular weight is 380 g/mol. The molecule has 0 aromatic heterocycles. The van der Waals surface area contributed by atoms with Crippen LogP contribution >= 0.6 is 0 Å². The summed E-state index contributed by atoms with van der Waals surface area (Å²) < 4.78 is 15.7. The summed E-state index contributed by atoms with van der Waals surface area (Å²) in [5, 5.41) is 4.06. The van der Waals surface area contributed by atoms with Crippen LogP contribution in [0.5, 0.6) is 5.75 Å². The zero-order valence-electron chi connectivity index (χ0n) is 15.5. The molecule has 0 saturated carbocycles. The quantitative estimate of drug-likeness (QED) is 0.450. The number of hydrogen-bond donors (Lipinski definition) is 1. The van der Waals surface area contributed by atoms with E-state index < -0.39 is 18.1 Å². The molecule has 2 aromatic carbocycles. The van der Waals surface area contributed by atoms with Crippen LogP contribution in [0.4, 0.5) is 0 Å². The van der Waals surface area contributed by atoms with Crippen LogP contribution < -0.4 is 10.2 Å². The van der Waals surface area contributed by atoms with Crippen LogP contribution in [0.1, 0.15) is 11.1 Å². The lowest BCUT2D eigenvalue weighted by Crippen LogP contribution is -2.47. The molecule has 0 saturated heterocycles. The van der Waals surface area contributed by atoms with Crippen LogP contribution in [-0.4, -0.2) is 44.3 Å². The van der Waals surface area contributed by atoms with Gasteiger partial charge in [-0.25, -0.2) is 4.79 Å². The van der Waals surface area contributed by atoms with Gasteiger partial charge in [0.15, 0.2) is 12.1 Å². The summed E-state index contributed by atoms with van der Waals surface area (Å²) >= 11 is 0. The topological polar surface area (TPSA) is 86.2 Å². The third-order valence-corrected chi connectivity index (χ3v) is 4.17. The second-order valence-electron chi connectivity index (χ2n) is 5.98. The van der Waals surface area contributed by atoms with Crippen molar-refractivity contribution < 1.29 is 23.8 Å². The Hall–Kier alpha value is -3.61. The first-order valence-electron chi connectivity index (χ1n) is 8.60. The number of rotatable bonds is 7. The van der Waals surface area contributed by atoms with Gasteiger partial charge >= 0.3 is 5.97 Å². The smallest absolute Gasteiger partial charge is 0.334 e. The van der Waals surface area contributed by atoms with Gasteiger partial charge in [-0.1, -0.05) is 30.3 Å². The number of esters is 1. The first kappa shape index (κ1) is 19.2. The molecule has 3 rings (SSSR count). The molecule has 1 aliphatic rings. The van der Waals surface area contributed by atoms with E-state index in [1.54, 1.807) is 37.6 Å². The zero-order valence-corrected chi connectivity index (χ0v) is 15.5. The molecule has 0 bridgehead atoms. The predicted octanol–water partition coefficient (Wildman–Crippen LogP) is 2.17. The minimum absolute atomic E-state index is 0.344. The fourth-order valence-corrected chi connectivity index (χ4v) is 2.68. The van der Waals surface area contributed by atoms with Gasteiger partial charge in [-0.2, -0.15) is 5.10 Å². The number of nitrogens with one attached hydrogen (secondary N) is 1. The number of carbonyl (C=O) groups is 2. The van der Waals surface area contributed by atoms with E-state index in [1.807, 2.05) is 30.3 Å². The molecule has 1 aliphatic heterocycles. The molecular formula is C21H20N2O5. The Morgan fingerprint density at radius 3 is 2.50 bits per heavy atom. The van der Waals surface area contributed by atoms with Gasteiger partial charge in [-0.05, 0) is 29.8 Å². The SMILES string of the molecule is COC(=O)C(N/N=C/c1ccccc1)C1OC(c2ccc(OC)cc2)=CC1=O. The maximum absolute atomic E-state index is 12.5. The van der Waals surface area contributed by atoms with Gasteiger partial charge in [-0.15, -0.1) is 0 Å². The van der Waals surface area contributed by atoms with E-state index in [9.17, 15) is 9.59 Å². The Labute approximate surface area is 162 Å². The molecule has 7 nitrogen and oxygen atoms in total. The number of hydrogen-bond acceptors (Lipinski definition) is 7. The van der Waals surface area contributed by atoms with E-state index in [1.165, 1.54) is 13.2 Å². The summed E-state index contributed by atoms with van der Waals surface area (Å²) in [6.07, 6.45) is 1.84.